The van der Waals surface area contributed by atoms with Gasteiger partial charge in [-0.1, -0.05) is 18.2 Å². The molecular weight excluding hydrogens is 406 g/mol. The summed E-state index contributed by atoms with van der Waals surface area (Å²) in [6.07, 6.45) is 2.38. The molecule has 2 aromatic carbocycles. The van der Waals surface area contributed by atoms with Crippen molar-refractivity contribution in [3.05, 3.63) is 53.9 Å². The van der Waals surface area contributed by atoms with Crippen molar-refractivity contribution < 1.29 is 14.2 Å². The van der Waals surface area contributed by atoms with Gasteiger partial charge in [0.1, 0.15) is 6.61 Å². The van der Waals surface area contributed by atoms with Gasteiger partial charge in [-0.3, -0.25) is 4.57 Å². The molecule has 1 saturated heterocycles. The normalized spacial score (nSPS) is 17.4. The number of para-hydroxylation sites is 1. The summed E-state index contributed by atoms with van der Waals surface area (Å²) in [6.45, 7) is 6.24. The van der Waals surface area contributed by atoms with Gasteiger partial charge in [-0.25, -0.2) is 0 Å². The van der Waals surface area contributed by atoms with E-state index in [0.29, 0.717) is 19.3 Å². The van der Waals surface area contributed by atoms with E-state index in [1.165, 1.54) is 24.1 Å². The van der Waals surface area contributed by atoms with Crippen molar-refractivity contribution in [1.82, 2.24) is 14.8 Å². The molecule has 32 heavy (non-hydrogen) atoms. The molecule has 0 atom stereocenters. The van der Waals surface area contributed by atoms with Crippen molar-refractivity contribution in [3.63, 3.8) is 0 Å². The first-order valence-electron chi connectivity index (χ1n) is 11.3. The second kappa shape index (κ2) is 8.02. The molecule has 0 aliphatic carbocycles. The van der Waals surface area contributed by atoms with Gasteiger partial charge in [0.2, 0.25) is 12.7 Å². The van der Waals surface area contributed by atoms with Crippen LogP contribution in [0.1, 0.15) is 24.7 Å². The van der Waals surface area contributed by atoms with E-state index in [9.17, 15) is 0 Å². The third-order valence-corrected chi connectivity index (χ3v) is 6.49. The molecule has 0 radical (unpaired) electrons. The molecule has 6 rings (SSSR count). The van der Waals surface area contributed by atoms with E-state index in [2.05, 4.69) is 48.8 Å². The van der Waals surface area contributed by atoms with Crippen molar-refractivity contribution in [2.75, 3.05) is 42.8 Å². The van der Waals surface area contributed by atoms with Gasteiger partial charge >= 0.3 is 0 Å². The van der Waals surface area contributed by atoms with E-state index in [-0.39, 0.29) is 6.79 Å². The predicted octanol–water partition coefficient (Wildman–Crippen LogP) is 3.17. The van der Waals surface area contributed by atoms with Crippen LogP contribution in [0.5, 0.6) is 11.5 Å². The summed E-state index contributed by atoms with van der Waals surface area (Å²) in [4.78, 5) is 4.87. The highest BCUT2D eigenvalue weighted by atomic mass is 16.7. The standard InChI is InChI=1S/C24H27N5O3/c1-2-30-15-23-25-26-24(29(23)18-9-10-21-22(12-18)32-16-31-21)27-13-19(14-27)28-11-5-7-17-6-3-4-8-20(17)28/h3-4,6,8-10,12,19H,2,5,7,11,13-16H2,1H3. The molecule has 166 valence electrons. The summed E-state index contributed by atoms with van der Waals surface area (Å²) < 4.78 is 18.8. The van der Waals surface area contributed by atoms with Gasteiger partial charge in [-0.2, -0.15) is 0 Å². The Bertz CT molecular complexity index is 1120. The Morgan fingerprint density at radius 1 is 1.06 bits per heavy atom. The minimum Gasteiger partial charge on any atom is -0.454 e. The van der Waals surface area contributed by atoms with Gasteiger partial charge in [0.15, 0.2) is 17.3 Å². The number of rotatable bonds is 6. The highest BCUT2D eigenvalue weighted by Crippen LogP contribution is 2.37. The van der Waals surface area contributed by atoms with Crippen molar-refractivity contribution in [2.45, 2.75) is 32.4 Å². The molecule has 0 amide bonds. The molecule has 1 aromatic heterocycles. The van der Waals surface area contributed by atoms with Gasteiger partial charge in [-0.05, 0) is 43.5 Å². The number of ether oxygens (including phenoxy) is 3. The summed E-state index contributed by atoms with van der Waals surface area (Å²) in [5, 5.41) is 9.01. The van der Waals surface area contributed by atoms with Gasteiger partial charge in [-0.15, -0.1) is 10.2 Å². The fourth-order valence-corrected chi connectivity index (χ4v) is 4.85. The van der Waals surface area contributed by atoms with Crippen LogP contribution >= 0.6 is 0 Å². The Morgan fingerprint density at radius 3 is 2.84 bits per heavy atom. The molecule has 3 aliphatic heterocycles. The van der Waals surface area contributed by atoms with E-state index < -0.39 is 0 Å². The number of benzene rings is 2. The Labute approximate surface area is 187 Å². The molecule has 0 unspecified atom stereocenters. The van der Waals surface area contributed by atoms with E-state index in [1.54, 1.807) is 0 Å². The summed E-state index contributed by atoms with van der Waals surface area (Å²) in [5.74, 6) is 3.14. The largest absolute Gasteiger partial charge is 0.454 e. The summed E-state index contributed by atoms with van der Waals surface area (Å²) in [5.41, 5.74) is 3.80. The van der Waals surface area contributed by atoms with Crippen LogP contribution in [0.3, 0.4) is 0 Å². The zero-order valence-corrected chi connectivity index (χ0v) is 18.2. The Hall–Kier alpha value is -3.26. The van der Waals surface area contributed by atoms with Gasteiger partial charge < -0.3 is 24.0 Å². The van der Waals surface area contributed by atoms with E-state index in [0.717, 1.165) is 48.6 Å². The van der Waals surface area contributed by atoms with Crippen molar-refractivity contribution >= 4 is 11.6 Å². The van der Waals surface area contributed by atoms with Gasteiger partial charge in [0.25, 0.3) is 0 Å². The molecule has 4 heterocycles. The molecule has 0 N–H and O–H groups in total. The predicted molar refractivity (Wildman–Crippen MR) is 121 cm³/mol. The second-order valence-corrected chi connectivity index (χ2v) is 8.41. The van der Waals surface area contributed by atoms with Crippen molar-refractivity contribution in [3.8, 4) is 17.2 Å². The Balaban J connectivity index is 1.27. The lowest BCUT2D eigenvalue weighted by molar-refractivity contribution is 0.127. The lowest BCUT2D eigenvalue weighted by Crippen LogP contribution is -2.61. The SMILES string of the molecule is CCOCc1nnc(N2CC(N3CCCc4ccccc43)C2)n1-c1ccc2c(c1)OCO2. The van der Waals surface area contributed by atoms with Crippen LogP contribution in [0.4, 0.5) is 11.6 Å². The number of fused-ring (bicyclic) bond motifs is 2. The van der Waals surface area contributed by atoms with E-state index in [4.69, 9.17) is 14.2 Å². The zero-order chi connectivity index (χ0) is 21.5. The number of hydrogen-bond acceptors (Lipinski definition) is 7. The first-order valence-corrected chi connectivity index (χ1v) is 11.3. The molecule has 0 saturated carbocycles. The topological polar surface area (TPSA) is 64.9 Å². The van der Waals surface area contributed by atoms with Crippen LogP contribution in [0, 0.1) is 0 Å². The van der Waals surface area contributed by atoms with E-state index >= 15 is 0 Å². The fraction of sp³-hybridized carbons (Fsp3) is 0.417. The smallest absolute Gasteiger partial charge is 0.232 e. The quantitative estimate of drug-likeness (QED) is 0.592. The second-order valence-electron chi connectivity index (χ2n) is 8.41. The van der Waals surface area contributed by atoms with Crippen LogP contribution < -0.4 is 19.3 Å². The molecule has 8 heteroatoms. The Morgan fingerprint density at radius 2 is 1.94 bits per heavy atom. The first-order chi connectivity index (χ1) is 15.8. The summed E-state index contributed by atoms with van der Waals surface area (Å²) >= 11 is 0. The average Bonchev–Trinajstić information content (AvgIpc) is 3.43. The summed E-state index contributed by atoms with van der Waals surface area (Å²) in [6, 6.07) is 15.2. The van der Waals surface area contributed by atoms with Gasteiger partial charge in [0, 0.05) is 38.0 Å². The maximum Gasteiger partial charge on any atom is 0.232 e. The maximum atomic E-state index is 5.67. The number of hydrogen-bond donors (Lipinski definition) is 0. The molecule has 0 bridgehead atoms. The minimum absolute atomic E-state index is 0.255. The van der Waals surface area contributed by atoms with Crippen LogP contribution in [0.15, 0.2) is 42.5 Å². The van der Waals surface area contributed by atoms with Crippen molar-refractivity contribution in [1.29, 1.82) is 0 Å². The Kier molecular flexibility index (Phi) is 4.87. The minimum atomic E-state index is 0.255. The van der Waals surface area contributed by atoms with E-state index in [1.807, 2.05) is 25.1 Å². The van der Waals surface area contributed by atoms with Crippen LogP contribution in [-0.2, 0) is 17.8 Å². The lowest BCUT2D eigenvalue weighted by atomic mass is 9.97. The monoisotopic (exact) mass is 433 g/mol. The number of nitrogens with zero attached hydrogens (tertiary/aromatic N) is 5. The van der Waals surface area contributed by atoms with Crippen LogP contribution in [-0.4, -0.2) is 53.8 Å². The highest BCUT2D eigenvalue weighted by molar-refractivity contribution is 5.59. The molecule has 0 spiro atoms. The molecule has 3 aromatic rings. The zero-order valence-electron chi connectivity index (χ0n) is 18.2. The molecule has 8 nitrogen and oxygen atoms in total. The highest BCUT2D eigenvalue weighted by Gasteiger charge is 2.37. The van der Waals surface area contributed by atoms with Crippen LogP contribution in [0.25, 0.3) is 5.69 Å². The maximum absolute atomic E-state index is 5.67. The number of aryl methyl sites for hydroxylation is 1. The molecule has 3 aliphatic rings. The third kappa shape index (κ3) is 3.26. The first kappa shape index (κ1) is 19.4. The summed E-state index contributed by atoms with van der Waals surface area (Å²) in [7, 11) is 0. The number of aromatic nitrogens is 3. The average molecular weight is 434 g/mol. The van der Waals surface area contributed by atoms with Gasteiger partial charge in [0.05, 0.1) is 11.7 Å². The third-order valence-electron chi connectivity index (χ3n) is 6.49. The fourth-order valence-electron chi connectivity index (χ4n) is 4.85. The van der Waals surface area contributed by atoms with Crippen molar-refractivity contribution in [2.24, 2.45) is 0 Å². The molecule has 1 fully saturated rings. The molecular formula is C24H27N5O3. The van der Waals surface area contributed by atoms with Crippen LogP contribution in [0.2, 0.25) is 0 Å². The lowest BCUT2D eigenvalue weighted by Gasteiger charge is -2.48. The number of anilines is 2.